The Morgan fingerprint density at radius 2 is 2.29 bits per heavy atom. The van der Waals surface area contributed by atoms with Crippen molar-refractivity contribution in [2.75, 3.05) is 25.0 Å². The molecule has 2 rings (SSSR count). The zero-order valence-corrected chi connectivity index (χ0v) is 13.5. The van der Waals surface area contributed by atoms with Crippen LogP contribution in [-0.2, 0) is 0 Å². The summed E-state index contributed by atoms with van der Waals surface area (Å²) in [6, 6.07) is 0. The van der Waals surface area contributed by atoms with Crippen molar-refractivity contribution >= 4 is 11.6 Å². The van der Waals surface area contributed by atoms with E-state index in [1.807, 2.05) is 18.7 Å². The van der Waals surface area contributed by atoms with Gasteiger partial charge in [-0.3, -0.25) is 4.79 Å². The molecule has 5 nitrogen and oxygen atoms in total. The van der Waals surface area contributed by atoms with Gasteiger partial charge in [-0.2, -0.15) is 0 Å². The summed E-state index contributed by atoms with van der Waals surface area (Å²) in [6.45, 7) is 10.8. The maximum absolute atomic E-state index is 12.7. The van der Waals surface area contributed by atoms with E-state index in [2.05, 4.69) is 29.1 Å². The molecule has 116 valence electrons. The molecule has 0 spiro atoms. The van der Waals surface area contributed by atoms with Crippen molar-refractivity contribution in [1.29, 1.82) is 0 Å². The lowest BCUT2D eigenvalue weighted by Gasteiger charge is -2.18. The Morgan fingerprint density at radius 1 is 1.52 bits per heavy atom. The first-order valence-electron chi connectivity index (χ1n) is 7.93. The van der Waals surface area contributed by atoms with Crippen LogP contribution in [0.4, 0.5) is 5.69 Å². The number of nitrogens with one attached hydrogen (secondary N) is 1. The fourth-order valence-corrected chi connectivity index (χ4v) is 2.49. The summed E-state index contributed by atoms with van der Waals surface area (Å²) in [6.07, 6.45) is 3.83. The summed E-state index contributed by atoms with van der Waals surface area (Å²) in [7, 11) is 0. The molecule has 0 aromatic carbocycles. The number of rotatable bonds is 5. The van der Waals surface area contributed by atoms with Crippen LogP contribution in [0, 0.1) is 5.92 Å². The smallest absolute Gasteiger partial charge is 0.274 e. The second kappa shape index (κ2) is 6.87. The number of aromatic nitrogens is 2. The highest BCUT2D eigenvalue weighted by Gasteiger charge is 2.27. The molecule has 0 aliphatic carbocycles. The summed E-state index contributed by atoms with van der Waals surface area (Å²) in [5.41, 5.74) is 1.28. The molecule has 1 amide bonds. The van der Waals surface area contributed by atoms with Crippen molar-refractivity contribution in [3.05, 3.63) is 17.7 Å². The standard InChI is InChI=1S/C16H26N4O/c1-5-7-17-13-9-18-15(11(2)3)19-14(13)16(21)20-8-6-12(4)10-20/h9,11-12,17H,5-8,10H2,1-4H3. The van der Waals surface area contributed by atoms with Gasteiger partial charge < -0.3 is 10.2 Å². The van der Waals surface area contributed by atoms with Crippen LogP contribution < -0.4 is 5.32 Å². The van der Waals surface area contributed by atoms with Crippen LogP contribution in [0.2, 0.25) is 0 Å². The molecule has 1 N–H and O–H groups in total. The van der Waals surface area contributed by atoms with E-state index in [-0.39, 0.29) is 11.8 Å². The van der Waals surface area contributed by atoms with Gasteiger partial charge in [-0.25, -0.2) is 9.97 Å². The predicted octanol–water partition coefficient (Wildman–Crippen LogP) is 2.90. The van der Waals surface area contributed by atoms with Crippen LogP contribution in [0.3, 0.4) is 0 Å². The molecule has 1 saturated heterocycles. The summed E-state index contributed by atoms with van der Waals surface area (Å²) in [5, 5.41) is 3.27. The third-order valence-electron chi connectivity index (χ3n) is 3.80. The van der Waals surface area contributed by atoms with Gasteiger partial charge in [-0.15, -0.1) is 0 Å². The van der Waals surface area contributed by atoms with Crippen LogP contribution in [0.25, 0.3) is 0 Å². The highest BCUT2D eigenvalue weighted by atomic mass is 16.2. The summed E-state index contributed by atoms with van der Waals surface area (Å²) >= 11 is 0. The van der Waals surface area contributed by atoms with Crippen LogP contribution >= 0.6 is 0 Å². The number of hydrogen-bond donors (Lipinski definition) is 1. The lowest BCUT2D eigenvalue weighted by Crippen LogP contribution is -2.30. The molecule has 2 heterocycles. The average molecular weight is 290 g/mol. The van der Waals surface area contributed by atoms with E-state index in [1.165, 1.54) is 0 Å². The van der Waals surface area contributed by atoms with E-state index in [0.29, 0.717) is 11.6 Å². The molecule has 5 heteroatoms. The van der Waals surface area contributed by atoms with E-state index in [0.717, 1.165) is 44.0 Å². The molecule has 1 fully saturated rings. The van der Waals surface area contributed by atoms with Gasteiger partial charge in [0.25, 0.3) is 5.91 Å². The Kier molecular flexibility index (Phi) is 5.15. The second-order valence-electron chi connectivity index (χ2n) is 6.22. The van der Waals surface area contributed by atoms with Crippen molar-refractivity contribution in [2.24, 2.45) is 5.92 Å². The SMILES string of the molecule is CCCNc1cnc(C(C)C)nc1C(=O)N1CCC(C)C1. The Labute approximate surface area is 127 Å². The van der Waals surface area contributed by atoms with Gasteiger partial charge in [-0.1, -0.05) is 27.7 Å². The lowest BCUT2D eigenvalue weighted by atomic mass is 10.2. The first-order valence-corrected chi connectivity index (χ1v) is 7.93. The van der Waals surface area contributed by atoms with E-state index in [4.69, 9.17) is 0 Å². The molecule has 0 saturated carbocycles. The summed E-state index contributed by atoms with van der Waals surface area (Å²) in [4.78, 5) is 23.6. The van der Waals surface area contributed by atoms with Crippen molar-refractivity contribution in [3.63, 3.8) is 0 Å². The first-order chi connectivity index (χ1) is 10.0. The van der Waals surface area contributed by atoms with Crippen molar-refractivity contribution in [2.45, 2.75) is 46.5 Å². The summed E-state index contributed by atoms with van der Waals surface area (Å²) < 4.78 is 0. The van der Waals surface area contributed by atoms with Crippen LogP contribution in [0.1, 0.15) is 62.8 Å². The quantitative estimate of drug-likeness (QED) is 0.906. The topological polar surface area (TPSA) is 58.1 Å². The minimum Gasteiger partial charge on any atom is -0.382 e. The fraction of sp³-hybridized carbons (Fsp3) is 0.688. The first kappa shape index (κ1) is 15.7. The number of hydrogen-bond acceptors (Lipinski definition) is 4. The van der Waals surface area contributed by atoms with E-state index < -0.39 is 0 Å². The van der Waals surface area contributed by atoms with Gasteiger partial charge in [0, 0.05) is 25.6 Å². The second-order valence-corrected chi connectivity index (χ2v) is 6.22. The van der Waals surface area contributed by atoms with Crippen LogP contribution in [0.15, 0.2) is 6.20 Å². The van der Waals surface area contributed by atoms with Crippen LogP contribution in [-0.4, -0.2) is 40.4 Å². The third kappa shape index (κ3) is 3.71. The van der Waals surface area contributed by atoms with Gasteiger partial charge in [0.05, 0.1) is 11.9 Å². The maximum atomic E-state index is 12.7. The van der Waals surface area contributed by atoms with Gasteiger partial charge >= 0.3 is 0 Å². The Bertz CT molecular complexity index is 501. The zero-order chi connectivity index (χ0) is 15.4. The molecule has 1 aliphatic rings. The molecular weight excluding hydrogens is 264 g/mol. The average Bonchev–Trinajstić information content (AvgIpc) is 2.90. The number of likely N-dealkylation sites (tertiary alicyclic amines) is 1. The number of amides is 1. The fourth-order valence-electron chi connectivity index (χ4n) is 2.49. The normalized spacial score (nSPS) is 18.3. The van der Waals surface area contributed by atoms with Crippen LogP contribution in [0.5, 0.6) is 0 Å². The molecule has 1 aromatic heterocycles. The Hall–Kier alpha value is -1.65. The maximum Gasteiger partial charge on any atom is 0.274 e. The molecular formula is C16H26N4O. The lowest BCUT2D eigenvalue weighted by molar-refractivity contribution is 0.0782. The monoisotopic (exact) mass is 290 g/mol. The van der Waals surface area contributed by atoms with Gasteiger partial charge in [-0.05, 0) is 18.8 Å². The van der Waals surface area contributed by atoms with E-state index in [9.17, 15) is 4.79 Å². The minimum atomic E-state index is 0.0299. The Morgan fingerprint density at radius 3 is 2.86 bits per heavy atom. The van der Waals surface area contributed by atoms with Gasteiger partial charge in [0.15, 0.2) is 5.69 Å². The van der Waals surface area contributed by atoms with E-state index >= 15 is 0 Å². The summed E-state index contributed by atoms with van der Waals surface area (Å²) in [5.74, 6) is 1.55. The molecule has 1 atom stereocenters. The third-order valence-corrected chi connectivity index (χ3v) is 3.80. The molecule has 0 radical (unpaired) electrons. The molecule has 1 aromatic rings. The highest BCUT2D eigenvalue weighted by molar-refractivity contribution is 5.97. The number of carbonyl (C=O) groups is 1. The number of nitrogens with zero attached hydrogens (tertiary/aromatic N) is 3. The van der Waals surface area contributed by atoms with Gasteiger partial charge in [0.1, 0.15) is 5.82 Å². The molecule has 1 aliphatic heterocycles. The number of anilines is 1. The van der Waals surface area contributed by atoms with Gasteiger partial charge in [0.2, 0.25) is 0 Å². The van der Waals surface area contributed by atoms with E-state index in [1.54, 1.807) is 6.20 Å². The minimum absolute atomic E-state index is 0.0299. The molecule has 21 heavy (non-hydrogen) atoms. The van der Waals surface area contributed by atoms with Crippen molar-refractivity contribution in [3.8, 4) is 0 Å². The highest BCUT2D eigenvalue weighted by Crippen LogP contribution is 2.22. The van der Waals surface area contributed by atoms with Crippen molar-refractivity contribution < 1.29 is 4.79 Å². The zero-order valence-electron chi connectivity index (χ0n) is 13.5. The Balaban J connectivity index is 2.28. The van der Waals surface area contributed by atoms with Crippen molar-refractivity contribution in [1.82, 2.24) is 14.9 Å². The molecule has 1 unspecified atom stereocenters. The predicted molar refractivity (Wildman–Crippen MR) is 84.6 cm³/mol. The number of carbonyl (C=O) groups excluding carboxylic acids is 1. The largest absolute Gasteiger partial charge is 0.382 e. The molecule has 0 bridgehead atoms.